The van der Waals surface area contributed by atoms with E-state index >= 15 is 0 Å². The zero-order chi connectivity index (χ0) is 29.6. The van der Waals surface area contributed by atoms with Crippen LogP contribution < -0.4 is 10.5 Å². The summed E-state index contributed by atoms with van der Waals surface area (Å²) in [5, 5.41) is 2.04. The molecule has 4 rings (SSSR count). The third kappa shape index (κ3) is 7.21. The zero-order valence-corrected chi connectivity index (χ0v) is 25.0. The molecule has 0 spiro atoms. The molecular weight excluding hydrogens is 547 g/mol. The van der Waals surface area contributed by atoms with Crippen LogP contribution in [0, 0.1) is 13.8 Å². The molecule has 0 aliphatic carbocycles. The second kappa shape index (κ2) is 13.2. The molecule has 2 aromatic carbocycles. The Morgan fingerprint density at radius 1 is 0.951 bits per heavy atom. The van der Waals surface area contributed by atoms with E-state index in [1.54, 1.807) is 0 Å². The standard InChI is InChI=1S/C31H38F2N3O4P/c1-5-39-41(37,40-6-2)31(32,33)15-7-8-16-38-25-13-12-24(22(4)18-25)11-10-23-19-27-26-14-9-21(3)17-28(26)36-30(34)29(27)35-20-23/h9,12-14,17-20H,5-8,10-11,15-16H2,1-4H3,(H2,34,36). The van der Waals surface area contributed by atoms with Crippen molar-refractivity contribution in [3.63, 3.8) is 0 Å². The van der Waals surface area contributed by atoms with Crippen molar-refractivity contribution in [2.24, 2.45) is 0 Å². The number of benzene rings is 2. The van der Waals surface area contributed by atoms with Crippen LogP contribution in [0.4, 0.5) is 14.6 Å². The molecule has 0 saturated carbocycles. The number of aryl methyl sites for hydroxylation is 4. The molecule has 2 N–H and O–H groups in total. The average molecular weight is 586 g/mol. The van der Waals surface area contributed by atoms with Crippen LogP contribution in [0.3, 0.4) is 0 Å². The quantitative estimate of drug-likeness (QED) is 0.0906. The summed E-state index contributed by atoms with van der Waals surface area (Å²) >= 11 is 0. The molecule has 4 aromatic rings. The molecule has 0 aliphatic heterocycles. The van der Waals surface area contributed by atoms with Gasteiger partial charge >= 0.3 is 13.3 Å². The summed E-state index contributed by atoms with van der Waals surface area (Å²) in [7, 11) is -4.48. The van der Waals surface area contributed by atoms with E-state index in [0.29, 0.717) is 23.5 Å². The number of halogens is 2. The van der Waals surface area contributed by atoms with Gasteiger partial charge in [0.05, 0.1) is 25.3 Å². The van der Waals surface area contributed by atoms with Gasteiger partial charge in [0.15, 0.2) is 5.82 Å². The number of ether oxygens (including phenoxy) is 1. The number of fused-ring (bicyclic) bond motifs is 3. The second-order valence-corrected chi connectivity index (χ2v) is 12.3. The predicted octanol–water partition coefficient (Wildman–Crippen LogP) is 8.18. The Kier molecular flexibility index (Phi) is 9.95. The largest absolute Gasteiger partial charge is 0.494 e. The molecule has 0 atom stereocenters. The number of anilines is 1. The van der Waals surface area contributed by atoms with Gasteiger partial charge in [-0.05, 0) is 99.9 Å². The van der Waals surface area contributed by atoms with Gasteiger partial charge in [-0.2, -0.15) is 8.78 Å². The van der Waals surface area contributed by atoms with E-state index in [0.717, 1.165) is 45.8 Å². The Hall–Kier alpha value is -3.13. The second-order valence-electron chi connectivity index (χ2n) is 10.2. The van der Waals surface area contributed by atoms with Crippen molar-refractivity contribution in [1.29, 1.82) is 0 Å². The van der Waals surface area contributed by atoms with E-state index in [1.165, 1.54) is 19.4 Å². The summed E-state index contributed by atoms with van der Waals surface area (Å²) in [6, 6.07) is 14.2. The maximum atomic E-state index is 14.5. The van der Waals surface area contributed by atoms with Crippen LogP contribution in [-0.4, -0.2) is 35.5 Å². The number of nitrogens with zero attached hydrogens (tertiary/aromatic N) is 2. The summed E-state index contributed by atoms with van der Waals surface area (Å²) in [6.45, 7) is 7.16. The average Bonchev–Trinajstić information content (AvgIpc) is 2.92. The van der Waals surface area contributed by atoms with Crippen molar-refractivity contribution >= 4 is 35.2 Å². The van der Waals surface area contributed by atoms with Crippen LogP contribution in [0.25, 0.3) is 21.8 Å². The third-order valence-corrected chi connectivity index (χ3v) is 9.23. The number of nitrogens with two attached hydrogens (primary N) is 1. The van der Waals surface area contributed by atoms with Crippen molar-refractivity contribution < 1.29 is 27.1 Å². The lowest BCUT2D eigenvalue weighted by Crippen LogP contribution is -2.20. The maximum Gasteiger partial charge on any atom is 0.399 e. The van der Waals surface area contributed by atoms with E-state index in [1.807, 2.05) is 44.3 Å². The topological polar surface area (TPSA) is 96.6 Å². The lowest BCUT2D eigenvalue weighted by Gasteiger charge is -2.25. The van der Waals surface area contributed by atoms with Gasteiger partial charge in [0.1, 0.15) is 11.3 Å². The molecule has 0 saturated heterocycles. The van der Waals surface area contributed by atoms with Gasteiger partial charge < -0.3 is 19.5 Å². The SMILES string of the molecule is CCOP(=O)(OCC)C(F)(F)CCCCOc1ccc(CCc2cnc3c(N)nc4cc(C)ccc4c3c2)c(C)c1. The molecule has 0 bridgehead atoms. The number of hydrogen-bond acceptors (Lipinski definition) is 7. The van der Waals surface area contributed by atoms with Crippen molar-refractivity contribution in [3.8, 4) is 5.75 Å². The first-order valence-corrected chi connectivity index (χ1v) is 15.5. The molecule has 0 aliphatic rings. The van der Waals surface area contributed by atoms with E-state index < -0.39 is 19.7 Å². The normalized spacial score (nSPS) is 12.3. The molecule has 0 amide bonds. The van der Waals surface area contributed by atoms with Crippen LogP contribution in [0.2, 0.25) is 0 Å². The van der Waals surface area contributed by atoms with Gasteiger partial charge in [0.2, 0.25) is 0 Å². The van der Waals surface area contributed by atoms with Crippen LogP contribution in [0.5, 0.6) is 5.75 Å². The van der Waals surface area contributed by atoms with E-state index in [9.17, 15) is 13.3 Å². The van der Waals surface area contributed by atoms with Crippen molar-refractivity contribution in [1.82, 2.24) is 9.97 Å². The monoisotopic (exact) mass is 585 g/mol. The smallest absolute Gasteiger partial charge is 0.399 e. The number of pyridine rings is 2. The van der Waals surface area contributed by atoms with Crippen molar-refractivity contribution in [2.75, 3.05) is 25.6 Å². The van der Waals surface area contributed by atoms with Crippen LogP contribution >= 0.6 is 7.60 Å². The van der Waals surface area contributed by atoms with Crippen LogP contribution in [-0.2, 0) is 26.5 Å². The van der Waals surface area contributed by atoms with E-state index in [4.69, 9.17) is 19.5 Å². The number of rotatable bonds is 14. The van der Waals surface area contributed by atoms with Gasteiger partial charge in [-0.25, -0.2) is 4.98 Å². The first-order chi connectivity index (χ1) is 19.6. The Morgan fingerprint density at radius 3 is 2.41 bits per heavy atom. The Labute approximate surface area is 240 Å². The van der Waals surface area contributed by atoms with Crippen molar-refractivity contribution in [2.45, 2.75) is 65.5 Å². The molecule has 41 heavy (non-hydrogen) atoms. The highest BCUT2D eigenvalue weighted by Crippen LogP contribution is 2.63. The van der Waals surface area contributed by atoms with E-state index in [-0.39, 0.29) is 26.2 Å². The van der Waals surface area contributed by atoms with Crippen LogP contribution in [0.15, 0.2) is 48.7 Å². The van der Waals surface area contributed by atoms with Gasteiger partial charge in [-0.1, -0.05) is 18.2 Å². The Morgan fingerprint density at radius 2 is 1.71 bits per heavy atom. The Balaban J connectivity index is 1.32. The highest BCUT2D eigenvalue weighted by Gasteiger charge is 2.52. The third-order valence-electron chi connectivity index (χ3n) is 7.01. The Bertz CT molecular complexity index is 1550. The number of unbranched alkanes of at least 4 members (excludes halogenated alkanes) is 1. The molecule has 220 valence electrons. The van der Waals surface area contributed by atoms with Gasteiger partial charge in [0.25, 0.3) is 0 Å². The number of alkyl halides is 2. The molecule has 10 heteroatoms. The number of hydrogen-bond donors (Lipinski definition) is 1. The summed E-state index contributed by atoms with van der Waals surface area (Å²) < 4.78 is 56.9. The fourth-order valence-corrected chi connectivity index (χ4v) is 6.41. The molecule has 0 fully saturated rings. The zero-order valence-electron chi connectivity index (χ0n) is 24.1. The minimum atomic E-state index is -4.48. The highest BCUT2D eigenvalue weighted by atomic mass is 31.2. The molecule has 0 radical (unpaired) electrons. The lowest BCUT2D eigenvalue weighted by atomic mass is 9.99. The van der Waals surface area contributed by atoms with Crippen molar-refractivity contribution in [3.05, 3.63) is 70.9 Å². The summed E-state index contributed by atoms with van der Waals surface area (Å²) in [5.74, 6) is 1.12. The fraction of sp³-hybridized carbons (Fsp3) is 0.419. The first kappa shape index (κ1) is 30.8. The maximum absolute atomic E-state index is 14.5. The lowest BCUT2D eigenvalue weighted by molar-refractivity contribution is 0.0288. The summed E-state index contributed by atoms with van der Waals surface area (Å²) in [5.41, 5.74) is 8.75. The fourth-order valence-electron chi connectivity index (χ4n) is 4.85. The summed E-state index contributed by atoms with van der Waals surface area (Å²) in [6.07, 6.45) is 3.42. The minimum absolute atomic E-state index is 0.103. The molecule has 2 aromatic heterocycles. The molecular formula is C31H38F2N3O4P. The van der Waals surface area contributed by atoms with Crippen LogP contribution in [0.1, 0.15) is 55.4 Å². The summed E-state index contributed by atoms with van der Waals surface area (Å²) in [4.78, 5) is 9.14. The minimum Gasteiger partial charge on any atom is -0.494 e. The molecule has 2 heterocycles. The highest BCUT2D eigenvalue weighted by molar-refractivity contribution is 7.55. The predicted molar refractivity (Wildman–Crippen MR) is 160 cm³/mol. The molecule has 7 nitrogen and oxygen atoms in total. The molecule has 0 unspecified atom stereocenters. The first-order valence-electron chi connectivity index (χ1n) is 14.0. The van der Waals surface area contributed by atoms with E-state index in [2.05, 4.69) is 28.2 Å². The number of aromatic nitrogens is 2. The van der Waals surface area contributed by atoms with Gasteiger partial charge in [-0.3, -0.25) is 9.55 Å². The number of nitrogen functional groups attached to an aromatic ring is 1. The van der Waals surface area contributed by atoms with Gasteiger partial charge in [0, 0.05) is 23.4 Å². The van der Waals surface area contributed by atoms with Gasteiger partial charge in [-0.15, -0.1) is 0 Å².